The highest BCUT2D eigenvalue weighted by Crippen LogP contribution is 2.35. The number of hydrogen-bond donors (Lipinski definition) is 2. The first-order valence-corrected chi connectivity index (χ1v) is 7.39. The summed E-state index contributed by atoms with van der Waals surface area (Å²) in [7, 11) is 0. The highest BCUT2D eigenvalue weighted by atomic mass is 16.7. The molecule has 1 aliphatic rings. The van der Waals surface area contributed by atoms with Crippen LogP contribution in [0.4, 0.5) is 0 Å². The third-order valence-corrected chi connectivity index (χ3v) is 3.45. The van der Waals surface area contributed by atoms with E-state index in [1.165, 1.54) is 0 Å². The van der Waals surface area contributed by atoms with Crippen LogP contribution in [0.2, 0.25) is 0 Å². The zero-order valence-electron chi connectivity index (χ0n) is 12.5. The minimum Gasteiger partial charge on any atom is -0.454 e. The van der Waals surface area contributed by atoms with Crippen molar-refractivity contribution in [1.29, 1.82) is 0 Å². The molecule has 5 heteroatoms. The molecule has 3 rings (SSSR count). The van der Waals surface area contributed by atoms with E-state index in [9.17, 15) is 0 Å². The zero-order chi connectivity index (χ0) is 14.7. The Morgan fingerprint density at radius 2 is 2.14 bits per heavy atom. The lowest BCUT2D eigenvalue weighted by atomic mass is 10.1. The maximum Gasteiger partial charge on any atom is 0.231 e. The fraction of sp³-hybridized carbons (Fsp3) is 0.438. The second-order valence-corrected chi connectivity index (χ2v) is 5.52. The Morgan fingerprint density at radius 3 is 3.00 bits per heavy atom. The molecule has 0 spiro atoms. The number of benzene rings is 1. The first kappa shape index (κ1) is 13.9. The summed E-state index contributed by atoms with van der Waals surface area (Å²) in [5.74, 6) is 2.62. The van der Waals surface area contributed by atoms with Gasteiger partial charge in [0.1, 0.15) is 5.82 Å². The second-order valence-electron chi connectivity index (χ2n) is 5.52. The molecular formula is C16H21N3O2. The van der Waals surface area contributed by atoms with Crippen LogP contribution < -0.4 is 14.8 Å². The Hall–Kier alpha value is -2.01. The van der Waals surface area contributed by atoms with E-state index in [0.29, 0.717) is 12.8 Å². The van der Waals surface area contributed by atoms with Gasteiger partial charge in [-0.05, 0) is 31.2 Å². The molecule has 2 aromatic rings. The van der Waals surface area contributed by atoms with E-state index in [4.69, 9.17) is 9.47 Å². The number of imidazole rings is 1. The Morgan fingerprint density at radius 1 is 1.29 bits per heavy atom. The molecule has 0 fully saturated rings. The lowest BCUT2D eigenvalue weighted by Gasteiger charge is -2.06. The second kappa shape index (κ2) is 6.18. The third-order valence-electron chi connectivity index (χ3n) is 3.45. The molecule has 0 amide bonds. The molecule has 0 unspecified atom stereocenters. The van der Waals surface area contributed by atoms with E-state index in [-0.39, 0.29) is 0 Å². The largest absolute Gasteiger partial charge is 0.454 e. The van der Waals surface area contributed by atoms with Crippen LogP contribution in [-0.2, 0) is 6.42 Å². The summed E-state index contributed by atoms with van der Waals surface area (Å²) in [6.07, 6.45) is 3.90. The van der Waals surface area contributed by atoms with Crippen molar-refractivity contribution in [1.82, 2.24) is 15.3 Å². The molecule has 0 saturated heterocycles. The monoisotopic (exact) mass is 287 g/mol. The molecule has 1 aliphatic heterocycles. The molecule has 0 radical (unpaired) electrons. The van der Waals surface area contributed by atoms with Crippen LogP contribution in [0.5, 0.6) is 11.5 Å². The smallest absolute Gasteiger partial charge is 0.231 e. The van der Waals surface area contributed by atoms with Crippen molar-refractivity contribution in [3.05, 3.63) is 30.2 Å². The van der Waals surface area contributed by atoms with Crippen LogP contribution in [0.15, 0.2) is 24.4 Å². The summed E-state index contributed by atoms with van der Waals surface area (Å²) in [4.78, 5) is 7.82. The number of ether oxygens (including phenoxy) is 2. The van der Waals surface area contributed by atoms with E-state index in [0.717, 1.165) is 48.0 Å². The summed E-state index contributed by atoms with van der Waals surface area (Å²) < 4.78 is 10.7. The van der Waals surface area contributed by atoms with Gasteiger partial charge in [0.2, 0.25) is 6.79 Å². The minimum absolute atomic E-state index is 0.301. The average Bonchev–Trinajstić information content (AvgIpc) is 3.11. The Bertz CT molecular complexity index is 607. The standard InChI is InChI=1S/C16H21N3O2/c1-11(2)17-7-3-4-16-18-9-13(19-16)12-5-6-14-15(8-12)21-10-20-14/h5-6,8-9,11,17H,3-4,7,10H2,1-2H3,(H,18,19). The van der Waals surface area contributed by atoms with Crippen molar-refractivity contribution in [2.45, 2.75) is 32.7 Å². The lowest BCUT2D eigenvalue weighted by molar-refractivity contribution is 0.174. The van der Waals surface area contributed by atoms with E-state index in [1.807, 2.05) is 24.4 Å². The van der Waals surface area contributed by atoms with Crippen LogP contribution in [-0.4, -0.2) is 29.3 Å². The van der Waals surface area contributed by atoms with Crippen molar-refractivity contribution < 1.29 is 9.47 Å². The van der Waals surface area contributed by atoms with Crippen molar-refractivity contribution >= 4 is 0 Å². The quantitative estimate of drug-likeness (QED) is 0.802. The Kier molecular flexibility index (Phi) is 4.10. The van der Waals surface area contributed by atoms with E-state index in [1.54, 1.807) is 0 Å². The van der Waals surface area contributed by atoms with Gasteiger partial charge in [-0.2, -0.15) is 0 Å². The topological polar surface area (TPSA) is 59.2 Å². The van der Waals surface area contributed by atoms with Gasteiger partial charge < -0.3 is 19.8 Å². The van der Waals surface area contributed by atoms with Crippen molar-refractivity contribution in [3.8, 4) is 22.8 Å². The number of H-pyrrole nitrogens is 1. The number of nitrogens with zero attached hydrogens (tertiary/aromatic N) is 1. The molecule has 2 N–H and O–H groups in total. The highest BCUT2D eigenvalue weighted by Gasteiger charge is 2.14. The first-order valence-electron chi connectivity index (χ1n) is 7.39. The molecule has 2 heterocycles. The molecule has 0 aliphatic carbocycles. The maximum atomic E-state index is 5.40. The van der Waals surface area contributed by atoms with Gasteiger partial charge in [0.25, 0.3) is 0 Å². The van der Waals surface area contributed by atoms with Gasteiger partial charge >= 0.3 is 0 Å². The fourth-order valence-corrected chi connectivity index (χ4v) is 2.35. The van der Waals surface area contributed by atoms with Crippen LogP contribution >= 0.6 is 0 Å². The van der Waals surface area contributed by atoms with Gasteiger partial charge in [0, 0.05) is 18.0 Å². The summed E-state index contributed by atoms with van der Waals surface area (Å²) in [6.45, 7) is 5.63. The summed E-state index contributed by atoms with van der Waals surface area (Å²) in [5, 5.41) is 3.41. The van der Waals surface area contributed by atoms with Gasteiger partial charge in [-0.25, -0.2) is 4.98 Å². The molecule has 1 aromatic heterocycles. The number of fused-ring (bicyclic) bond motifs is 1. The average molecular weight is 287 g/mol. The summed E-state index contributed by atoms with van der Waals surface area (Å²) in [6, 6.07) is 6.47. The zero-order valence-corrected chi connectivity index (χ0v) is 12.5. The molecule has 1 aromatic carbocycles. The van der Waals surface area contributed by atoms with Gasteiger partial charge in [-0.15, -0.1) is 0 Å². The molecule has 0 saturated carbocycles. The summed E-state index contributed by atoms with van der Waals surface area (Å²) in [5.41, 5.74) is 2.08. The van der Waals surface area contributed by atoms with E-state index >= 15 is 0 Å². The van der Waals surface area contributed by atoms with Crippen molar-refractivity contribution in [3.63, 3.8) is 0 Å². The van der Waals surface area contributed by atoms with E-state index in [2.05, 4.69) is 29.1 Å². The number of aromatic nitrogens is 2. The molecule has 112 valence electrons. The number of aromatic amines is 1. The molecule has 21 heavy (non-hydrogen) atoms. The highest BCUT2D eigenvalue weighted by molar-refractivity contribution is 5.64. The number of aryl methyl sites for hydroxylation is 1. The number of nitrogens with one attached hydrogen (secondary N) is 2. The summed E-state index contributed by atoms with van der Waals surface area (Å²) >= 11 is 0. The van der Waals surface area contributed by atoms with Crippen LogP contribution in [0.25, 0.3) is 11.3 Å². The minimum atomic E-state index is 0.301. The number of hydrogen-bond acceptors (Lipinski definition) is 4. The number of rotatable bonds is 6. The molecule has 0 atom stereocenters. The van der Waals surface area contributed by atoms with Crippen LogP contribution in [0, 0.1) is 0 Å². The Balaban J connectivity index is 1.62. The SMILES string of the molecule is CC(C)NCCCc1ncc(-c2ccc3c(c2)OCO3)[nH]1. The fourth-order valence-electron chi connectivity index (χ4n) is 2.35. The van der Waals surface area contributed by atoms with Gasteiger partial charge in [-0.3, -0.25) is 0 Å². The van der Waals surface area contributed by atoms with Crippen LogP contribution in [0.1, 0.15) is 26.1 Å². The molecule has 5 nitrogen and oxygen atoms in total. The lowest BCUT2D eigenvalue weighted by Crippen LogP contribution is -2.24. The predicted octanol–water partition coefficient (Wildman–Crippen LogP) is 2.74. The molecule has 0 bridgehead atoms. The van der Waals surface area contributed by atoms with Gasteiger partial charge in [-0.1, -0.05) is 13.8 Å². The van der Waals surface area contributed by atoms with Crippen LogP contribution in [0.3, 0.4) is 0 Å². The third kappa shape index (κ3) is 3.36. The van der Waals surface area contributed by atoms with Gasteiger partial charge in [0.15, 0.2) is 11.5 Å². The van der Waals surface area contributed by atoms with Crippen molar-refractivity contribution in [2.75, 3.05) is 13.3 Å². The van der Waals surface area contributed by atoms with E-state index < -0.39 is 0 Å². The van der Waals surface area contributed by atoms with Crippen molar-refractivity contribution in [2.24, 2.45) is 0 Å². The Labute approximate surface area is 124 Å². The van der Waals surface area contributed by atoms with Gasteiger partial charge in [0.05, 0.1) is 11.9 Å². The first-order chi connectivity index (χ1) is 10.2. The predicted molar refractivity (Wildman–Crippen MR) is 81.6 cm³/mol. The molecular weight excluding hydrogens is 266 g/mol. The normalized spacial score (nSPS) is 13.1. The maximum absolute atomic E-state index is 5.40.